The molecule has 0 aliphatic heterocycles. The van der Waals surface area contributed by atoms with Crippen molar-refractivity contribution in [1.29, 1.82) is 0 Å². The molecule has 0 fully saturated rings. The van der Waals surface area contributed by atoms with Crippen LogP contribution in [0, 0.1) is 0 Å². The van der Waals surface area contributed by atoms with E-state index in [1.165, 1.54) is 5.56 Å². The van der Waals surface area contributed by atoms with Crippen molar-refractivity contribution >= 4 is 0 Å². The minimum atomic E-state index is 0.271. The molecule has 2 rings (SSSR count). The Balaban J connectivity index is 2.12. The third-order valence-electron chi connectivity index (χ3n) is 2.39. The summed E-state index contributed by atoms with van der Waals surface area (Å²) in [5, 5.41) is 11.0. The first kappa shape index (κ1) is 9.86. The van der Waals surface area contributed by atoms with Crippen molar-refractivity contribution < 1.29 is 0 Å². The predicted octanol–water partition coefficient (Wildman–Crippen LogP) is 1.24. The molecule has 1 heterocycles. The molecule has 15 heavy (non-hydrogen) atoms. The van der Waals surface area contributed by atoms with Crippen LogP contribution in [0.25, 0.3) is 0 Å². The summed E-state index contributed by atoms with van der Waals surface area (Å²) in [5.74, 6) is 0. The molecule has 78 valence electrons. The van der Waals surface area contributed by atoms with Gasteiger partial charge in [-0.3, -0.25) is 4.68 Å². The van der Waals surface area contributed by atoms with E-state index in [9.17, 15) is 0 Å². The van der Waals surface area contributed by atoms with Crippen LogP contribution in [0.15, 0.2) is 42.7 Å². The average Bonchev–Trinajstić information content (AvgIpc) is 2.80. The molecule has 0 bridgehead atoms. The molecule has 0 aliphatic carbocycles. The Morgan fingerprint density at radius 1 is 1.33 bits per heavy atom. The van der Waals surface area contributed by atoms with Crippen LogP contribution in [-0.4, -0.2) is 22.0 Å². The lowest BCUT2D eigenvalue weighted by atomic mass is 10.1. The zero-order valence-corrected chi connectivity index (χ0v) is 8.67. The first-order valence-electron chi connectivity index (χ1n) is 4.96. The third kappa shape index (κ3) is 2.41. The third-order valence-corrected chi connectivity index (χ3v) is 2.39. The number of hydrogen-bond acceptors (Lipinski definition) is 3. The second kappa shape index (κ2) is 4.70. The van der Waals surface area contributed by atoms with Crippen LogP contribution in [0.1, 0.15) is 11.6 Å². The van der Waals surface area contributed by atoms with E-state index in [-0.39, 0.29) is 6.04 Å². The highest BCUT2D eigenvalue weighted by Crippen LogP contribution is 2.13. The molecule has 0 aliphatic rings. The molecule has 4 heteroatoms. The van der Waals surface area contributed by atoms with Gasteiger partial charge < -0.3 is 5.32 Å². The Morgan fingerprint density at radius 3 is 2.73 bits per heavy atom. The lowest BCUT2D eigenvalue weighted by molar-refractivity contribution is 0.459. The van der Waals surface area contributed by atoms with E-state index in [2.05, 4.69) is 27.8 Å². The van der Waals surface area contributed by atoms with Crippen molar-refractivity contribution in [1.82, 2.24) is 20.3 Å². The van der Waals surface area contributed by atoms with Gasteiger partial charge in [-0.1, -0.05) is 35.5 Å². The van der Waals surface area contributed by atoms with E-state index in [1.807, 2.05) is 36.1 Å². The maximum Gasteiger partial charge on any atom is 0.0692 e. The summed E-state index contributed by atoms with van der Waals surface area (Å²) in [7, 11) is 1.95. The molecule has 4 nitrogen and oxygen atoms in total. The second-order valence-corrected chi connectivity index (χ2v) is 3.38. The van der Waals surface area contributed by atoms with Crippen LogP contribution in [0.4, 0.5) is 0 Å². The molecular weight excluding hydrogens is 188 g/mol. The Kier molecular flexibility index (Phi) is 3.09. The second-order valence-electron chi connectivity index (χ2n) is 3.38. The summed E-state index contributed by atoms with van der Waals surface area (Å²) in [6, 6.07) is 10.6. The number of rotatable bonds is 4. The SMILES string of the molecule is CNC(Cn1ccnn1)c1ccccc1. The van der Waals surface area contributed by atoms with E-state index in [1.54, 1.807) is 6.20 Å². The van der Waals surface area contributed by atoms with Gasteiger partial charge in [0.15, 0.2) is 0 Å². The molecule has 0 saturated carbocycles. The molecule has 1 unspecified atom stereocenters. The number of nitrogens with one attached hydrogen (secondary N) is 1. The van der Waals surface area contributed by atoms with Gasteiger partial charge in [-0.25, -0.2) is 0 Å². The maximum absolute atomic E-state index is 3.96. The fourth-order valence-corrected chi connectivity index (χ4v) is 1.57. The number of benzene rings is 1. The fourth-order valence-electron chi connectivity index (χ4n) is 1.57. The Hall–Kier alpha value is -1.68. The molecule has 1 atom stereocenters. The van der Waals surface area contributed by atoms with Crippen molar-refractivity contribution in [2.75, 3.05) is 7.05 Å². The highest BCUT2D eigenvalue weighted by atomic mass is 15.4. The molecular formula is C11H14N4. The Bertz CT molecular complexity index is 382. The molecule has 0 saturated heterocycles. The first-order chi connectivity index (χ1) is 7.40. The minimum Gasteiger partial charge on any atom is -0.311 e. The van der Waals surface area contributed by atoms with Gasteiger partial charge >= 0.3 is 0 Å². The topological polar surface area (TPSA) is 42.7 Å². The van der Waals surface area contributed by atoms with Crippen molar-refractivity contribution in [2.24, 2.45) is 0 Å². The normalized spacial score (nSPS) is 12.6. The highest BCUT2D eigenvalue weighted by Gasteiger charge is 2.09. The van der Waals surface area contributed by atoms with Gasteiger partial charge in [0.25, 0.3) is 0 Å². The molecule has 1 aromatic heterocycles. The maximum atomic E-state index is 3.96. The molecule has 0 spiro atoms. The molecule has 0 amide bonds. The molecule has 0 radical (unpaired) electrons. The van der Waals surface area contributed by atoms with E-state index in [0.29, 0.717) is 0 Å². The standard InChI is InChI=1S/C11H14N4/c1-12-11(9-15-8-7-13-14-15)10-5-3-2-4-6-10/h2-8,11-12H,9H2,1H3. The Labute approximate surface area is 88.9 Å². The molecule has 2 aromatic rings. The van der Waals surface area contributed by atoms with Crippen LogP contribution in [-0.2, 0) is 6.54 Å². The number of hydrogen-bond donors (Lipinski definition) is 1. The summed E-state index contributed by atoms with van der Waals surface area (Å²) in [6.45, 7) is 0.792. The van der Waals surface area contributed by atoms with Gasteiger partial charge in [-0.2, -0.15) is 0 Å². The zero-order chi connectivity index (χ0) is 10.5. The largest absolute Gasteiger partial charge is 0.311 e. The van der Waals surface area contributed by atoms with E-state index in [4.69, 9.17) is 0 Å². The lowest BCUT2D eigenvalue weighted by Crippen LogP contribution is -2.22. The zero-order valence-electron chi connectivity index (χ0n) is 8.67. The van der Waals surface area contributed by atoms with Gasteiger partial charge in [-0.05, 0) is 12.6 Å². The Morgan fingerprint density at radius 2 is 2.13 bits per heavy atom. The summed E-state index contributed by atoms with van der Waals surface area (Å²) in [4.78, 5) is 0. The smallest absolute Gasteiger partial charge is 0.0692 e. The van der Waals surface area contributed by atoms with Crippen molar-refractivity contribution in [2.45, 2.75) is 12.6 Å². The number of aromatic nitrogens is 3. The van der Waals surface area contributed by atoms with Crippen LogP contribution in [0.2, 0.25) is 0 Å². The van der Waals surface area contributed by atoms with Crippen LogP contribution < -0.4 is 5.32 Å². The van der Waals surface area contributed by atoms with Crippen LogP contribution >= 0.6 is 0 Å². The van der Waals surface area contributed by atoms with E-state index in [0.717, 1.165) is 6.54 Å². The van der Waals surface area contributed by atoms with E-state index < -0.39 is 0 Å². The highest BCUT2D eigenvalue weighted by molar-refractivity contribution is 5.18. The van der Waals surface area contributed by atoms with Crippen molar-refractivity contribution in [3.63, 3.8) is 0 Å². The van der Waals surface area contributed by atoms with Crippen LogP contribution in [0.3, 0.4) is 0 Å². The predicted molar refractivity (Wildman–Crippen MR) is 58.3 cm³/mol. The average molecular weight is 202 g/mol. The lowest BCUT2D eigenvalue weighted by Gasteiger charge is -2.15. The van der Waals surface area contributed by atoms with E-state index >= 15 is 0 Å². The summed E-state index contributed by atoms with van der Waals surface area (Å²) < 4.78 is 1.83. The minimum absolute atomic E-state index is 0.271. The first-order valence-corrected chi connectivity index (χ1v) is 4.96. The van der Waals surface area contributed by atoms with Crippen LogP contribution in [0.5, 0.6) is 0 Å². The summed E-state index contributed by atoms with van der Waals surface area (Å²) in [6.07, 6.45) is 3.56. The van der Waals surface area contributed by atoms with Crippen molar-refractivity contribution in [3.05, 3.63) is 48.3 Å². The monoisotopic (exact) mass is 202 g/mol. The summed E-state index contributed by atoms with van der Waals surface area (Å²) >= 11 is 0. The van der Waals surface area contributed by atoms with Gasteiger partial charge in [0.05, 0.1) is 18.8 Å². The summed E-state index contributed by atoms with van der Waals surface area (Å²) in [5.41, 5.74) is 1.26. The van der Waals surface area contributed by atoms with Gasteiger partial charge in [-0.15, -0.1) is 5.10 Å². The van der Waals surface area contributed by atoms with Gasteiger partial charge in [0.1, 0.15) is 0 Å². The quantitative estimate of drug-likeness (QED) is 0.811. The molecule has 1 aromatic carbocycles. The van der Waals surface area contributed by atoms with Crippen molar-refractivity contribution in [3.8, 4) is 0 Å². The number of likely N-dealkylation sites (N-methyl/N-ethyl adjacent to an activating group) is 1. The van der Waals surface area contributed by atoms with Gasteiger partial charge in [0.2, 0.25) is 0 Å². The number of nitrogens with zero attached hydrogens (tertiary/aromatic N) is 3. The fraction of sp³-hybridized carbons (Fsp3) is 0.273. The van der Waals surface area contributed by atoms with Gasteiger partial charge in [0, 0.05) is 6.20 Å². The molecule has 1 N–H and O–H groups in total.